The van der Waals surface area contributed by atoms with Crippen molar-refractivity contribution in [2.24, 2.45) is 0 Å². The molecule has 0 saturated carbocycles. The monoisotopic (exact) mass is 422 g/mol. The molecular formula is C21H21Cl2FN2O2. The molecule has 148 valence electrons. The van der Waals surface area contributed by atoms with Gasteiger partial charge in [0.05, 0.1) is 10.0 Å². The summed E-state index contributed by atoms with van der Waals surface area (Å²) in [6.45, 7) is 1.99. The number of hydrogen-bond donors (Lipinski definition) is 0. The molecule has 2 aromatic rings. The Morgan fingerprint density at radius 3 is 2.18 bits per heavy atom. The minimum Gasteiger partial charge on any atom is -0.339 e. The standard InChI is InChI=1S/C21H21Cl2FN2O2/c22-18-9-4-15(14-19(18)23)2-1-3-20(27)25-10-12-26(13-11-25)21(28)16-5-7-17(24)8-6-16/h4-9,14H,1-3,10-13H2. The summed E-state index contributed by atoms with van der Waals surface area (Å²) in [5.41, 5.74) is 1.51. The van der Waals surface area contributed by atoms with Gasteiger partial charge in [0.2, 0.25) is 5.91 Å². The zero-order chi connectivity index (χ0) is 20.1. The van der Waals surface area contributed by atoms with Crippen LogP contribution < -0.4 is 0 Å². The molecule has 0 spiro atoms. The van der Waals surface area contributed by atoms with Crippen LogP contribution in [0.3, 0.4) is 0 Å². The number of benzene rings is 2. The van der Waals surface area contributed by atoms with E-state index in [2.05, 4.69) is 0 Å². The maximum atomic E-state index is 13.0. The molecule has 0 N–H and O–H groups in total. The highest BCUT2D eigenvalue weighted by atomic mass is 35.5. The fraction of sp³-hybridized carbons (Fsp3) is 0.333. The topological polar surface area (TPSA) is 40.6 Å². The Morgan fingerprint density at radius 2 is 1.54 bits per heavy atom. The Labute approximate surface area is 173 Å². The van der Waals surface area contributed by atoms with Crippen LogP contribution in [-0.2, 0) is 11.2 Å². The molecule has 1 aliphatic rings. The Bertz CT molecular complexity index is 850. The van der Waals surface area contributed by atoms with Crippen LogP contribution in [0.1, 0.15) is 28.8 Å². The zero-order valence-corrected chi connectivity index (χ0v) is 16.8. The van der Waals surface area contributed by atoms with Crippen LogP contribution in [-0.4, -0.2) is 47.8 Å². The maximum Gasteiger partial charge on any atom is 0.253 e. The summed E-state index contributed by atoms with van der Waals surface area (Å²) in [6, 6.07) is 11.0. The van der Waals surface area contributed by atoms with E-state index in [1.54, 1.807) is 15.9 Å². The number of piperazine rings is 1. The van der Waals surface area contributed by atoms with E-state index in [0.29, 0.717) is 48.2 Å². The molecule has 0 atom stereocenters. The summed E-state index contributed by atoms with van der Waals surface area (Å²) >= 11 is 11.9. The van der Waals surface area contributed by atoms with E-state index in [-0.39, 0.29) is 17.6 Å². The van der Waals surface area contributed by atoms with Crippen LogP contribution in [0.25, 0.3) is 0 Å². The van der Waals surface area contributed by atoms with Gasteiger partial charge in [-0.05, 0) is 54.8 Å². The van der Waals surface area contributed by atoms with Gasteiger partial charge in [-0.25, -0.2) is 4.39 Å². The first-order valence-electron chi connectivity index (χ1n) is 9.20. The zero-order valence-electron chi connectivity index (χ0n) is 15.3. The first kappa shape index (κ1) is 20.6. The summed E-state index contributed by atoms with van der Waals surface area (Å²) in [6.07, 6.45) is 1.93. The van der Waals surface area contributed by atoms with Crippen molar-refractivity contribution in [3.05, 3.63) is 69.5 Å². The maximum absolute atomic E-state index is 13.0. The highest BCUT2D eigenvalue weighted by Crippen LogP contribution is 2.23. The molecule has 7 heteroatoms. The molecule has 0 radical (unpaired) electrons. The van der Waals surface area contributed by atoms with Gasteiger partial charge in [-0.1, -0.05) is 29.3 Å². The van der Waals surface area contributed by atoms with E-state index in [1.165, 1.54) is 24.3 Å². The summed E-state index contributed by atoms with van der Waals surface area (Å²) in [5.74, 6) is -0.409. The van der Waals surface area contributed by atoms with Gasteiger partial charge < -0.3 is 9.80 Å². The van der Waals surface area contributed by atoms with Crippen molar-refractivity contribution in [1.29, 1.82) is 0 Å². The number of aryl methyl sites for hydroxylation is 1. The number of amides is 2. The lowest BCUT2D eigenvalue weighted by molar-refractivity contribution is -0.132. The van der Waals surface area contributed by atoms with Gasteiger partial charge in [0.25, 0.3) is 5.91 Å². The number of carbonyl (C=O) groups is 2. The normalized spacial score (nSPS) is 14.2. The van der Waals surface area contributed by atoms with Crippen molar-refractivity contribution in [1.82, 2.24) is 9.80 Å². The lowest BCUT2D eigenvalue weighted by atomic mass is 10.1. The van der Waals surface area contributed by atoms with Crippen molar-refractivity contribution >= 4 is 35.0 Å². The van der Waals surface area contributed by atoms with Crippen molar-refractivity contribution < 1.29 is 14.0 Å². The van der Waals surface area contributed by atoms with E-state index in [0.717, 1.165) is 18.4 Å². The predicted molar refractivity (Wildman–Crippen MR) is 108 cm³/mol. The van der Waals surface area contributed by atoms with Gasteiger partial charge in [-0.3, -0.25) is 9.59 Å². The molecule has 28 heavy (non-hydrogen) atoms. The molecule has 0 aromatic heterocycles. The molecule has 0 aliphatic carbocycles. The molecule has 1 fully saturated rings. The van der Waals surface area contributed by atoms with Gasteiger partial charge >= 0.3 is 0 Å². The average Bonchev–Trinajstić information content (AvgIpc) is 2.71. The van der Waals surface area contributed by atoms with E-state index in [1.807, 2.05) is 12.1 Å². The molecule has 1 saturated heterocycles. The minimum atomic E-state index is -0.368. The van der Waals surface area contributed by atoms with E-state index < -0.39 is 0 Å². The molecule has 1 heterocycles. The fourth-order valence-electron chi connectivity index (χ4n) is 3.23. The second-order valence-corrected chi connectivity index (χ2v) is 7.60. The summed E-state index contributed by atoms with van der Waals surface area (Å²) in [4.78, 5) is 28.4. The number of carbonyl (C=O) groups excluding carboxylic acids is 2. The Kier molecular flexibility index (Phi) is 6.92. The Morgan fingerprint density at radius 1 is 0.893 bits per heavy atom. The summed E-state index contributed by atoms with van der Waals surface area (Å²) < 4.78 is 13.0. The second-order valence-electron chi connectivity index (χ2n) is 6.78. The predicted octanol–water partition coefficient (Wildman–Crippen LogP) is 4.44. The number of halogens is 3. The molecule has 2 amide bonds. The number of hydrogen-bond acceptors (Lipinski definition) is 2. The van der Waals surface area contributed by atoms with Gasteiger partial charge in [0, 0.05) is 38.2 Å². The van der Waals surface area contributed by atoms with Crippen molar-refractivity contribution in [2.75, 3.05) is 26.2 Å². The summed E-state index contributed by atoms with van der Waals surface area (Å²) in [7, 11) is 0. The van der Waals surface area contributed by atoms with Crippen LogP contribution in [0.4, 0.5) is 4.39 Å². The SMILES string of the molecule is O=C(CCCc1ccc(Cl)c(Cl)c1)N1CCN(C(=O)c2ccc(F)cc2)CC1. The van der Waals surface area contributed by atoms with Gasteiger partial charge in [0.1, 0.15) is 5.82 Å². The molecule has 0 bridgehead atoms. The molecule has 0 unspecified atom stereocenters. The van der Waals surface area contributed by atoms with Crippen molar-refractivity contribution in [3.63, 3.8) is 0 Å². The highest BCUT2D eigenvalue weighted by Gasteiger charge is 2.24. The average molecular weight is 423 g/mol. The lowest BCUT2D eigenvalue weighted by Gasteiger charge is -2.35. The van der Waals surface area contributed by atoms with Crippen LogP contribution in [0.5, 0.6) is 0 Å². The fourth-order valence-corrected chi connectivity index (χ4v) is 3.55. The molecular weight excluding hydrogens is 402 g/mol. The highest BCUT2D eigenvalue weighted by molar-refractivity contribution is 6.42. The Hall–Kier alpha value is -2.11. The first-order chi connectivity index (χ1) is 13.4. The van der Waals surface area contributed by atoms with Crippen molar-refractivity contribution in [3.8, 4) is 0 Å². The van der Waals surface area contributed by atoms with Gasteiger partial charge in [-0.15, -0.1) is 0 Å². The number of nitrogens with zero attached hydrogens (tertiary/aromatic N) is 2. The third kappa shape index (κ3) is 5.24. The summed E-state index contributed by atoms with van der Waals surface area (Å²) in [5, 5.41) is 1.04. The second kappa shape index (κ2) is 9.39. The van der Waals surface area contributed by atoms with Crippen molar-refractivity contribution in [2.45, 2.75) is 19.3 Å². The van der Waals surface area contributed by atoms with Crippen LogP contribution >= 0.6 is 23.2 Å². The van der Waals surface area contributed by atoms with Crippen LogP contribution in [0.15, 0.2) is 42.5 Å². The third-order valence-corrected chi connectivity index (χ3v) is 5.59. The van der Waals surface area contributed by atoms with Gasteiger partial charge in [0.15, 0.2) is 0 Å². The third-order valence-electron chi connectivity index (χ3n) is 4.85. The smallest absolute Gasteiger partial charge is 0.253 e. The first-order valence-corrected chi connectivity index (χ1v) is 9.96. The number of rotatable bonds is 5. The van der Waals surface area contributed by atoms with Crippen LogP contribution in [0, 0.1) is 5.82 Å². The largest absolute Gasteiger partial charge is 0.339 e. The quantitative estimate of drug-likeness (QED) is 0.714. The van der Waals surface area contributed by atoms with E-state index in [9.17, 15) is 14.0 Å². The molecule has 3 rings (SSSR count). The molecule has 4 nitrogen and oxygen atoms in total. The Balaban J connectivity index is 1.43. The minimum absolute atomic E-state index is 0.0916. The molecule has 1 aliphatic heterocycles. The molecule has 2 aromatic carbocycles. The van der Waals surface area contributed by atoms with E-state index in [4.69, 9.17) is 23.2 Å². The van der Waals surface area contributed by atoms with Crippen LogP contribution in [0.2, 0.25) is 10.0 Å². The lowest BCUT2D eigenvalue weighted by Crippen LogP contribution is -2.50. The van der Waals surface area contributed by atoms with E-state index >= 15 is 0 Å². The van der Waals surface area contributed by atoms with Gasteiger partial charge in [-0.2, -0.15) is 0 Å².